The molecule has 22 atom stereocenters. The Morgan fingerprint density at radius 2 is 1.38 bits per heavy atom. The Kier molecular flexibility index (Phi) is 16.2. The first kappa shape index (κ1) is 53.0. The summed E-state index contributed by atoms with van der Waals surface area (Å²) in [4.78, 5) is 51.5. The summed E-state index contributed by atoms with van der Waals surface area (Å²) in [6.45, 7) is 13.8. The monoisotopic (exact) mass is 944 g/mol. The van der Waals surface area contributed by atoms with E-state index in [-0.39, 0.29) is 36.4 Å². The fourth-order valence-corrected chi connectivity index (χ4v) is 13.9. The van der Waals surface area contributed by atoms with E-state index in [1.165, 1.54) is 20.8 Å². The number of fused-ring (bicyclic) bond motifs is 5. The number of Topliss-reactive ketones (excluding diaryl/α,β-unsaturated/α-hetero) is 1. The van der Waals surface area contributed by atoms with Crippen LogP contribution in [0.2, 0.25) is 0 Å². The predicted octanol–water partition coefficient (Wildman–Crippen LogP) is 0.816. The SMILES string of the molecule is CC(=O)OC(C)C(CCC(C)(O)C1C(OC(C)=O)CC2C3CC(=O)C4CC(OC5OC(CO)C(O)C(O)C5OC5OC(CO)C(O)C(O)C5O)CCC4(C)C3CCC21C)C(C)(C)OC(C)=O. The largest absolute Gasteiger partial charge is 0.462 e. The minimum Gasteiger partial charge on any atom is -0.462 e. The van der Waals surface area contributed by atoms with Crippen LogP contribution < -0.4 is 0 Å². The molecule has 0 bridgehead atoms. The van der Waals surface area contributed by atoms with Crippen LogP contribution in [0.1, 0.15) is 120 Å². The number of aliphatic hydroxyl groups excluding tert-OH is 7. The van der Waals surface area contributed by atoms with Crippen LogP contribution in [-0.2, 0) is 52.3 Å². The Labute approximate surface area is 386 Å². The molecule has 0 radical (unpaired) electrons. The molecule has 6 fully saturated rings. The molecule has 0 amide bonds. The number of rotatable bonds is 15. The number of ether oxygens (including phenoxy) is 7. The van der Waals surface area contributed by atoms with Gasteiger partial charge >= 0.3 is 17.9 Å². The average Bonchev–Trinajstić information content (AvgIpc) is 3.52. The van der Waals surface area contributed by atoms with E-state index < -0.39 is 151 Å². The molecule has 6 rings (SSSR count). The predicted molar refractivity (Wildman–Crippen MR) is 228 cm³/mol. The first-order valence-electron chi connectivity index (χ1n) is 23.7. The van der Waals surface area contributed by atoms with Crippen molar-refractivity contribution in [3.05, 3.63) is 0 Å². The summed E-state index contributed by atoms with van der Waals surface area (Å²) in [6.07, 6.45) is -13.8. The highest BCUT2D eigenvalue weighted by atomic mass is 16.8. The Morgan fingerprint density at radius 1 is 0.773 bits per heavy atom. The van der Waals surface area contributed by atoms with Crippen LogP contribution in [0.3, 0.4) is 0 Å². The lowest BCUT2D eigenvalue weighted by Crippen LogP contribution is -2.65. The van der Waals surface area contributed by atoms with Crippen molar-refractivity contribution in [2.24, 2.45) is 46.3 Å². The average molecular weight is 945 g/mol. The third-order valence-electron chi connectivity index (χ3n) is 16.9. The van der Waals surface area contributed by atoms with Gasteiger partial charge in [-0.3, -0.25) is 19.2 Å². The Bertz CT molecular complexity index is 1740. The van der Waals surface area contributed by atoms with E-state index in [9.17, 15) is 60.0 Å². The zero-order chi connectivity index (χ0) is 49.0. The maximum atomic E-state index is 14.6. The molecule has 6 aliphatic rings. The zero-order valence-electron chi connectivity index (χ0n) is 39.8. The molecule has 2 heterocycles. The summed E-state index contributed by atoms with van der Waals surface area (Å²) < 4.78 is 41.1. The van der Waals surface area contributed by atoms with Gasteiger partial charge in [-0.25, -0.2) is 0 Å². The van der Waals surface area contributed by atoms with Gasteiger partial charge in [0, 0.05) is 44.9 Å². The van der Waals surface area contributed by atoms with Gasteiger partial charge in [0.1, 0.15) is 72.4 Å². The molecule has 378 valence electrons. The molecule has 0 spiro atoms. The standard InChI is InChI=1S/C47H76O19/c1-21(60-22(2)50)27(44(5,6)66-24(4)52)12-15-47(9,59)41-32(61-23(3)51)18-29-26-17-31(53)30-16-25(10-13-45(30,7)28(26)11-14-46(29,41)8)62-43-40(38(57)36(55)34(20-49)64-43)65-42-39(58)37(56)35(54)33(19-48)63-42/h21,25-30,32-43,48-49,54-59H,10-20H2,1-9H3. The first-order chi connectivity index (χ1) is 30.7. The van der Waals surface area contributed by atoms with Gasteiger partial charge < -0.3 is 74.0 Å². The van der Waals surface area contributed by atoms with Gasteiger partial charge in [-0.2, -0.15) is 0 Å². The number of aliphatic hydroxyl groups is 8. The fourth-order valence-electron chi connectivity index (χ4n) is 13.9. The highest BCUT2D eigenvalue weighted by Crippen LogP contribution is 2.69. The second-order valence-corrected chi connectivity index (χ2v) is 21.6. The van der Waals surface area contributed by atoms with Crippen LogP contribution in [0, 0.1) is 46.3 Å². The van der Waals surface area contributed by atoms with Crippen LogP contribution in [0.15, 0.2) is 0 Å². The molecular formula is C47H76O19. The van der Waals surface area contributed by atoms with E-state index >= 15 is 0 Å². The van der Waals surface area contributed by atoms with Gasteiger partial charge in [-0.1, -0.05) is 13.8 Å². The van der Waals surface area contributed by atoms with Gasteiger partial charge in [0.15, 0.2) is 12.6 Å². The lowest BCUT2D eigenvalue weighted by molar-refractivity contribution is -0.373. The molecule has 0 aromatic rings. The molecule has 0 aromatic carbocycles. The van der Waals surface area contributed by atoms with E-state index in [1.54, 1.807) is 27.7 Å². The van der Waals surface area contributed by atoms with Crippen LogP contribution in [0.5, 0.6) is 0 Å². The Balaban J connectivity index is 1.20. The lowest BCUT2D eigenvalue weighted by Gasteiger charge is -2.61. The van der Waals surface area contributed by atoms with Gasteiger partial charge in [0.05, 0.1) is 24.9 Å². The number of hydrogen-bond acceptors (Lipinski definition) is 19. The van der Waals surface area contributed by atoms with Gasteiger partial charge in [0.2, 0.25) is 0 Å². The Morgan fingerprint density at radius 3 is 1.97 bits per heavy atom. The van der Waals surface area contributed by atoms with Gasteiger partial charge in [-0.05, 0) is 108 Å². The lowest BCUT2D eigenvalue weighted by atomic mass is 9.44. The summed E-state index contributed by atoms with van der Waals surface area (Å²) in [5, 5.41) is 85.7. The molecule has 4 aliphatic carbocycles. The minimum absolute atomic E-state index is 0.0490. The quantitative estimate of drug-likeness (QED) is 0.0640. The highest BCUT2D eigenvalue weighted by molar-refractivity contribution is 5.83. The zero-order valence-corrected chi connectivity index (χ0v) is 39.8. The summed E-state index contributed by atoms with van der Waals surface area (Å²) in [5.74, 6) is -2.90. The number of carbonyl (C=O) groups is 4. The number of hydrogen-bond donors (Lipinski definition) is 8. The van der Waals surface area contributed by atoms with Crippen molar-refractivity contribution < 1.29 is 93.2 Å². The molecule has 19 nitrogen and oxygen atoms in total. The maximum absolute atomic E-state index is 14.6. The van der Waals surface area contributed by atoms with Crippen molar-refractivity contribution in [2.45, 2.75) is 211 Å². The summed E-state index contributed by atoms with van der Waals surface area (Å²) in [7, 11) is 0. The van der Waals surface area contributed by atoms with E-state index in [4.69, 9.17) is 33.2 Å². The number of ketones is 1. The summed E-state index contributed by atoms with van der Waals surface area (Å²) in [5.41, 5.74) is -3.45. The number of esters is 3. The smallest absolute Gasteiger partial charge is 0.303 e. The molecule has 2 saturated heterocycles. The molecule has 66 heavy (non-hydrogen) atoms. The first-order valence-corrected chi connectivity index (χ1v) is 23.7. The second kappa shape index (κ2) is 20.1. The Hall–Kier alpha value is -2.40. The van der Waals surface area contributed by atoms with Crippen molar-refractivity contribution in [3.63, 3.8) is 0 Å². The third kappa shape index (κ3) is 10.2. The van der Waals surface area contributed by atoms with Crippen molar-refractivity contribution in [1.29, 1.82) is 0 Å². The highest BCUT2D eigenvalue weighted by Gasteiger charge is 2.67. The van der Waals surface area contributed by atoms with Crippen LogP contribution in [0.25, 0.3) is 0 Å². The number of carbonyl (C=O) groups excluding carboxylic acids is 4. The summed E-state index contributed by atoms with van der Waals surface area (Å²) in [6, 6.07) is 0. The van der Waals surface area contributed by atoms with Gasteiger partial charge in [-0.15, -0.1) is 0 Å². The van der Waals surface area contributed by atoms with Crippen molar-refractivity contribution in [1.82, 2.24) is 0 Å². The van der Waals surface area contributed by atoms with Crippen molar-refractivity contribution in [2.75, 3.05) is 13.2 Å². The van der Waals surface area contributed by atoms with Gasteiger partial charge in [0.25, 0.3) is 0 Å². The normalized spacial score (nSPS) is 44.4. The van der Waals surface area contributed by atoms with Crippen molar-refractivity contribution in [3.8, 4) is 0 Å². The van der Waals surface area contributed by atoms with E-state index in [1.807, 2.05) is 0 Å². The van der Waals surface area contributed by atoms with Crippen LogP contribution >= 0.6 is 0 Å². The topological polar surface area (TPSA) is 295 Å². The van der Waals surface area contributed by atoms with E-state index in [2.05, 4.69) is 13.8 Å². The molecule has 4 saturated carbocycles. The minimum atomic E-state index is -1.82. The fraction of sp³-hybridized carbons (Fsp3) is 0.915. The molecular weight excluding hydrogens is 868 g/mol. The van der Waals surface area contributed by atoms with E-state index in [0.717, 1.165) is 6.42 Å². The second-order valence-electron chi connectivity index (χ2n) is 21.6. The summed E-state index contributed by atoms with van der Waals surface area (Å²) >= 11 is 0. The maximum Gasteiger partial charge on any atom is 0.303 e. The van der Waals surface area contributed by atoms with Crippen molar-refractivity contribution >= 4 is 23.7 Å². The molecule has 2 aliphatic heterocycles. The molecule has 0 aromatic heterocycles. The third-order valence-corrected chi connectivity index (χ3v) is 16.9. The van der Waals surface area contributed by atoms with Crippen LogP contribution in [0.4, 0.5) is 0 Å². The molecule has 22 unspecified atom stereocenters. The van der Waals surface area contributed by atoms with Crippen LogP contribution in [-0.4, -0.2) is 169 Å². The van der Waals surface area contributed by atoms with E-state index in [0.29, 0.717) is 38.5 Å². The molecule has 19 heteroatoms. The molecule has 8 N–H and O–H groups in total.